The molecule has 1 saturated heterocycles. The molecule has 0 bridgehead atoms. The lowest BCUT2D eigenvalue weighted by molar-refractivity contribution is -0.114. The van der Waals surface area contributed by atoms with Gasteiger partial charge in [0, 0.05) is 30.4 Å². The van der Waals surface area contributed by atoms with Crippen molar-refractivity contribution in [3.05, 3.63) is 59.7 Å². The second kappa shape index (κ2) is 8.82. The Morgan fingerprint density at radius 3 is 2.37 bits per heavy atom. The Balaban J connectivity index is 1.57. The molecule has 2 amide bonds. The summed E-state index contributed by atoms with van der Waals surface area (Å²) in [4.78, 5) is 26.1. The van der Waals surface area contributed by atoms with Crippen molar-refractivity contribution in [2.45, 2.75) is 33.2 Å². The second-order valence-corrected chi connectivity index (χ2v) is 7.37. The van der Waals surface area contributed by atoms with E-state index in [2.05, 4.69) is 34.6 Å². The predicted octanol–water partition coefficient (Wildman–Crippen LogP) is 4.13. The number of nitrogens with one attached hydrogen (secondary N) is 2. The van der Waals surface area contributed by atoms with Crippen LogP contribution in [-0.2, 0) is 11.3 Å². The summed E-state index contributed by atoms with van der Waals surface area (Å²) >= 11 is 0. The van der Waals surface area contributed by atoms with Crippen LogP contribution in [-0.4, -0.2) is 29.8 Å². The van der Waals surface area contributed by atoms with Gasteiger partial charge in [0.05, 0.1) is 0 Å². The van der Waals surface area contributed by atoms with Gasteiger partial charge in [0.2, 0.25) is 5.91 Å². The largest absolute Gasteiger partial charge is 0.326 e. The van der Waals surface area contributed by atoms with Gasteiger partial charge >= 0.3 is 0 Å². The molecule has 1 heterocycles. The first-order valence-electron chi connectivity index (χ1n) is 9.50. The van der Waals surface area contributed by atoms with Crippen LogP contribution in [0, 0.1) is 5.92 Å². The van der Waals surface area contributed by atoms with Gasteiger partial charge in [-0.1, -0.05) is 25.1 Å². The average Bonchev–Trinajstić information content (AvgIpc) is 2.65. The third-order valence-corrected chi connectivity index (χ3v) is 4.94. The molecule has 0 aromatic heterocycles. The summed E-state index contributed by atoms with van der Waals surface area (Å²) in [7, 11) is 0. The molecule has 1 aliphatic heterocycles. The van der Waals surface area contributed by atoms with Gasteiger partial charge in [0.15, 0.2) is 0 Å². The molecule has 2 aromatic carbocycles. The smallest absolute Gasteiger partial charge is 0.255 e. The molecule has 0 aliphatic carbocycles. The van der Waals surface area contributed by atoms with E-state index in [4.69, 9.17) is 0 Å². The van der Waals surface area contributed by atoms with Gasteiger partial charge in [0.25, 0.3) is 5.91 Å². The number of likely N-dealkylation sites (tertiary alicyclic amines) is 1. The highest BCUT2D eigenvalue weighted by Crippen LogP contribution is 2.19. The summed E-state index contributed by atoms with van der Waals surface area (Å²) in [5.41, 5.74) is 3.14. The van der Waals surface area contributed by atoms with Crippen LogP contribution in [0.4, 0.5) is 11.4 Å². The summed E-state index contributed by atoms with van der Waals surface area (Å²) < 4.78 is 0. The molecule has 1 fully saturated rings. The second-order valence-electron chi connectivity index (χ2n) is 7.37. The number of carbonyl (C=O) groups is 2. The number of amides is 2. The molecule has 27 heavy (non-hydrogen) atoms. The topological polar surface area (TPSA) is 61.4 Å². The Bertz CT molecular complexity index is 793. The lowest BCUT2D eigenvalue weighted by atomic mass is 9.99. The van der Waals surface area contributed by atoms with Crippen molar-refractivity contribution in [1.82, 2.24) is 4.90 Å². The minimum Gasteiger partial charge on any atom is -0.326 e. The molecular formula is C22H27N3O2. The maximum absolute atomic E-state index is 12.5. The summed E-state index contributed by atoms with van der Waals surface area (Å²) in [6.07, 6.45) is 2.54. The Morgan fingerprint density at radius 2 is 1.70 bits per heavy atom. The van der Waals surface area contributed by atoms with Gasteiger partial charge < -0.3 is 10.6 Å². The van der Waals surface area contributed by atoms with E-state index < -0.39 is 0 Å². The average molecular weight is 365 g/mol. The fourth-order valence-corrected chi connectivity index (χ4v) is 3.32. The molecule has 0 radical (unpaired) electrons. The summed E-state index contributed by atoms with van der Waals surface area (Å²) in [5, 5.41) is 5.60. The zero-order chi connectivity index (χ0) is 19.2. The van der Waals surface area contributed by atoms with Gasteiger partial charge in [-0.15, -0.1) is 0 Å². The van der Waals surface area contributed by atoms with Crippen LogP contribution in [0.25, 0.3) is 0 Å². The van der Waals surface area contributed by atoms with Crippen molar-refractivity contribution in [1.29, 1.82) is 0 Å². The van der Waals surface area contributed by atoms with Crippen LogP contribution in [0.3, 0.4) is 0 Å². The van der Waals surface area contributed by atoms with Crippen LogP contribution in [0.2, 0.25) is 0 Å². The number of hydrogen-bond donors (Lipinski definition) is 2. The van der Waals surface area contributed by atoms with E-state index in [1.165, 1.54) is 25.3 Å². The van der Waals surface area contributed by atoms with E-state index in [9.17, 15) is 9.59 Å². The number of benzene rings is 2. The van der Waals surface area contributed by atoms with Gasteiger partial charge in [0.1, 0.15) is 0 Å². The minimum absolute atomic E-state index is 0.161. The Morgan fingerprint density at radius 1 is 1.00 bits per heavy atom. The lowest BCUT2D eigenvalue weighted by Crippen LogP contribution is -2.32. The van der Waals surface area contributed by atoms with Gasteiger partial charge in [-0.3, -0.25) is 14.5 Å². The molecule has 142 valence electrons. The number of anilines is 2. The lowest BCUT2D eigenvalue weighted by Gasteiger charge is -2.30. The van der Waals surface area contributed by atoms with Crippen molar-refractivity contribution < 1.29 is 9.59 Å². The third kappa shape index (κ3) is 5.66. The van der Waals surface area contributed by atoms with E-state index in [0.29, 0.717) is 11.3 Å². The van der Waals surface area contributed by atoms with Crippen LogP contribution < -0.4 is 10.6 Å². The quantitative estimate of drug-likeness (QED) is 0.837. The predicted molar refractivity (Wildman–Crippen MR) is 109 cm³/mol. The Kier molecular flexibility index (Phi) is 6.24. The SMILES string of the molecule is CC(=O)Nc1cccc(C(=O)Nc2ccc(CN3CCC(C)CC3)cc2)c1. The molecule has 0 unspecified atom stereocenters. The zero-order valence-corrected chi connectivity index (χ0v) is 16.0. The summed E-state index contributed by atoms with van der Waals surface area (Å²) in [5.74, 6) is 0.481. The minimum atomic E-state index is -0.194. The third-order valence-electron chi connectivity index (χ3n) is 4.94. The number of nitrogens with zero attached hydrogens (tertiary/aromatic N) is 1. The molecule has 2 N–H and O–H groups in total. The number of carbonyl (C=O) groups excluding carboxylic acids is 2. The maximum Gasteiger partial charge on any atom is 0.255 e. The molecule has 5 nitrogen and oxygen atoms in total. The van der Waals surface area contributed by atoms with Crippen molar-refractivity contribution in [3.63, 3.8) is 0 Å². The van der Waals surface area contributed by atoms with E-state index in [-0.39, 0.29) is 11.8 Å². The monoisotopic (exact) mass is 365 g/mol. The first-order valence-corrected chi connectivity index (χ1v) is 9.50. The van der Waals surface area contributed by atoms with Gasteiger partial charge in [-0.2, -0.15) is 0 Å². The fourth-order valence-electron chi connectivity index (χ4n) is 3.32. The molecule has 2 aromatic rings. The van der Waals surface area contributed by atoms with Crippen molar-refractivity contribution >= 4 is 23.2 Å². The molecule has 0 atom stereocenters. The highest BCUT2D eigenvalue weighted by Gasteiger charge is 2.15. The standard InChI is InChI=1S/C22H27N3O2/c1-16-10-12-25(13-11-16)15-18-6-8-20(9-7-18)24-22(27)19-4-3-5-21(14-19)23-17(2)26/h3-9,14,16H,10-13,15H2,1-2H3,(H,23,26)(H,24,27). The molecule has 5 heteroatoms. The highest BCUT2D eigenvalue weighted by molar-refractivity contribution is 6.05. The number of rotatable bonds is 5. The van der Waals surface area contributed by atoms with E-state index in [1.54, 1.807) is 24.3 Å². The normalized spacial score (nSPS) is 15.3. The van der Waals surface area contributed by atoms with Crippen molar-refractivity contribution in [3.8, 4) is 0 Å². The van der Waals surface area contributed by atoms with Gasteiger partial charge in [-0.25, -0.2) is 0 Å². The first kappa shape index (κ1) is 19.1. The van der Waals surface area contributed by atoms with Crippen LogP contribution in [0.15, 0.2) is 48.5 Å². The molecule has 1 aliphatic rings. The van der Waals surface area contributed by atoms with Crippen LogP contribution in [0.1, 0.15) is 42.6 Å². The summed E-state index contributed by atoms with van der Waals surface area (Å²) in [6.45, 7) is 7.04. The van der Waals surface area contributed by atoms with Crippen LogP contribution >= 0.6 is 0 Å². The molecular weight excluding hydrogens is 338 g/mol. The zero-order valence-electron chi connectivity index (χ0n) is 16.0. The maximum atomic E-state index is 12.5. The van der Waals surface area contributed by atoms with E-state index in [1.807, 2.05) is 12.1 Å². The number of piperidine rings is 1. The fraction of sp³-hybridized carbons (Fsp3) is 0.364. The molecule has 3 rings (SSSR count). The Hall–Kier alpha value is -2.66. The molecule has 0 saturated carbocycles. The number of hydrogen-bond acceptors (Lipinski definition) is 3. The van der Waals surface area contributed by atoms with Crippen molar-refractivity contribution in [2.75, 3.05) is 23.7 Å². The first-order chi connectivity index (χ1) is 13.0. The van der Waals surface area contributed by atoms with Gasteiger partial charge in [-0.05, 0) is 67.7 Å². The van der Waals surface area contributed by atoms with E-state index >= 15 is 0 Å². The summed E-state index contributed by atoms with van der Waals surface area (Å²) in [6, 6.07) is 14.9. The van der Waals surface area contributed by atoms with E-state index in [0.717, 1.165) is 31.2 Å². The van der Waals surface area contributed by atoms with Crippen molar-refractivity contribution in [2.24, 2.45) is 5.92 Å². The molecule has 0 spiro atoms. The Labute approximate surface area is 160 Å². The highest BCUT2D eigenvalue weighted by atomic mass is 16.2. The van der Waals surface area contributed by atoms with Crippen LogP contribution in [0.5, 0.6) is 0 Å².